The Morgan fingerprint density at radius 2 is 1.00 bits per heavy atom. The molecule has 0 saturated carbocycles. The summed E-state index contributed by atoms with van der Waals surface area (Å²) in [5, 5.41) is 0. The first-order valence-corrected chi connectivity index (χ1v) is 13.7. The molecule has 0 atom stereocenters. The fourth-order valence-corrected chi connectivity index (χ4v) is 4.06. The van der Waals surface area contributed by atoms with E-state index in [-0.39, 0.29) is 0 Å². The highest BCUT2D eigenvalue weighted by Crippen LogP contribution is 2.33. The summed E-state index contributed by atoms with van der Waals surface area (Å²) in [6.07, 6.45) is 16.6. The third-order valence-corrected chi connectivity index (χ3v) is 6.12. The molecule has 30 heavy (non-hydrogen) atoms. The molecule has 0 aliphatic heterocycles. The van der Waals surface area contributed by atoms with Crippen LogP contribution < -0.4 is 9.47 Å². The van der Waals surface area contributed by atoms with E-state index in [0.717, 1.165) is 61.9 Å². The number of benzene rings is 1. The number of unbranched alkanes of at least 4 members (excludes halogenated alkanes) is 8. The van der Waals surface area contributed by atoms with E-state index in [4.69, 9.17) is 9.47 Å². The fourth-order valence-electron chi connectivity index (χ4n) is 3.61. The normalized spacial score (nSPS) is 11.1. The Hall–Kier alpha value is -0.480. The van der Waals surface area contributed by atoms with E-state index in [1.54, 1.807) is 0 Å². The molecule has 2 nitrogen and oxygen atoms in total. The Bertz CT molecular complexity index is 444. The van der Waals surface area contributed by atoms with Crippen molar-refractivity contribution in [2.45, 2.75) is 104 Å². The monoisotopic (exact) mass is 454 g/mol. The number of aryl methyl sites for hydroxylation is 2. The maximum absolute atomic E-state index is 6.22. The zero-order valence-electron chi connectivity index (χ0n) is 19.6. The Kier molecular flexibility index (Phi) is 17.7. The average Bonchev–Trinajstić information content (AvgIpc) is 2.76. The SMILES string of the molecule is CCCCCOc1cc(CCCCCS)c(CCCCCS)cc1OCCCCC. The highest BCUT2D eigenvalue weighted by atomic mass is 32.1. The van der Waals surface area contributed by atoms with Gasteiger partial charge in [-0.2, -0.15) is 25.3 Å². The molecule has 174 valence electrons. The van der Waals surface area contributed by atoms with Crippen LogP contribution in [0.5, 0.6) is 11.5 Å². The Labute approximate surface area is 197 Å². The lowest BCUT2D eigenvalue weighted by Crippen LogP contribution is -2.06. The second kappa shape index (κ2) is 19.2. The summed E-state index contributed by atoms with van der Waals surface area (Å²) >= 11 is 8.71. The second-order valence-electron chi connectivity index (χ2n) is 8.25. The van der Waals surface area contributed by atoms with Gasteiger partial charge < -0.3 is 9.47 Å². The lowest BCUT2D eigenvalue weighted by atomic mass is 9.96. The van der Waals surface area contributed by atoms with E-state index in [0.29, 0.717) is 0 Å². The lowest BCUT2D eigenvalue weighted by molar-refractivity contribution is 0.259. The fraction of sp³-hybridized carbons (Fsp3) is 0.769. The molecule has 0 fully saturated rings. The van der Waals surface area contributed by atoms with Gasteiger partial charge in [0.1, 0.15) is 0 Å². The number of thiol groups is 2. The van der Waals surface area contributed by atoms with E-state index in [1.165, 1.54) is 75.3 Å². The van der Waals surface area contributed by atoms with Crippen LogP contribution in [0.25, 0.3) is 0 Å². The molecule has 0 aromatic heterocycles. The maximum Gasteiger partial charge on any atom is 0.161 e. The van der Waals surface area contributed by atoms with Gasteiger partial charge in [-0.1, -0.05) is 52.4 Å². The van der Waals surface area contributed by atoms with Crippen molar-refractivity contribution in [1.82, 2.24) is 0 Å². The van der Waals surface area contributed by atoms with Gasteiger partial charge in [0.15, 0.2) is 11.5 Å². The van der Waals surface area contributed by atoms with Crippen molar-refractivity contribution < 1.29 is 9.47 Å². The van der Waals surface area contributed by atoms with Crippen molar-refractivity contribution in [2.24, 2.45) is 0 Å². The quantitative estimate of drug-likeness (QED) is 0.153. The van der Waals surface area contributed by atoms with Gasteiger partial charge in [0, 0.05) is 0 Å². The number of ether oxygens (including phenoxy) is 2. The van der Waals surface area contributed by atoms with Gasteiger partial charge in [-0.25, -0.2) is 0 Å². The van der Waals surface area contributed by atoms with Gasteiger partial charge in [-0.3, -0.25) is 0 Å². The largest absolute Gasteiger partial charge is 0.490 e. The van der Waals surface area contributed by atoms with Crippen molar-refractivity contribution in [3.05, 3.63) is 23.3 Å². The van der Waals surface area contributed by atoms with Gasteiger partial charge in [0.25, 0.3) is 0 Å². The van der Waals surface area contributed by atoms with E-state index >= 15 is 0 Å². The zero-order valence-corrected chi connectivity index (χ0v) is 21.4. The van der Waals surface area contributed by atoms with E-state index in [1.807, 2.05) is 0 Å². The minimum absolute atomic E-state index is 0.777. The van der Waals surface area contributed by atoms with Crippen molar-refractivity contribution in [1.29, 1.82) is 0 Å². The summed E-state index contributed by atoms with van der Waals surface area (Å²) in [7, 11) is 0. The summed E-state index contributed by atoms with van der Waals surface area (Å²) < 4.78 is 12.4. The number of hydrogen-bond acceptors (Lipinski definition) is 4. The highest BCUT2D eigenvalue weighted by Gasteiger charge is 2.13. The van der Waals surface area contributed by atoms with Crippen LogP contribution in [0.15, 0.2) is 12.1 Å². The molecule has 0 heterocycles. The first kappa shape index (κ1) is 27.6. The van der Waals surface area contributed by atoms with Crippen molar-refractivity contribution in [2.75, 3.05) is 24.7 Å². The van der Waals surface area contributed by atoms with Crippen LogP contribution >= 0.6 is 25.3 Å². The maximum atomic E-state index is 6.22. The summed E-state index contributed by atoms with van der Waals surface area (Å²) in [4.78, 5) is 0. The molecule has 0 bridgehead atoms. The van der Waals surface area contributed by atoms with E-state index in [2.05, 4.69) is 51.2 Å². The number of rotatable bonds is 20. The first-order valence-electron chi connectivity index (χ1n) is 12.4. The molecule has 0 unspecified atom stereocenters. The molecule has 1 rings (SSSR count). The Morgan fingerprint density at radius 1 is 0.567 bits per heavy atom. The Morgan fingerprint density at radius 3 is 1.37 bits per heavy atom. The van der Waals surface area contributed by atoms with Crippen LogP contribution in [0, 0.1) is 0 Å². The van der Waals surface area contributed by atoms with Crippen LogP contribution in [0.4, 0.5) is 0 Å². The predicted octanol–water partition coefficient (Wildman–Crippen LogP) is 8.11. The minimum Gasteiger partial charge on any atom is -0.490 e. The minimum atomic E-state index is 0.777. The van der Waals surface area contributed by atoms with Gasteiger partial charge in [0.2, 0.25) is 0 Å². The first-order chi connectivity index (χ1) is 14.8. The van der Waals surface area contributed by atoms with Gasteiger partial charge >= 0.3 is 0 Å². The molecule has 1 aromatic rings. The second-order valence-corrected chi connectivity index (χ2v) is 9.14. The molecule has 0 N–H and O–H groups in total. The smallest absolute Gasteiger partial charge is 0.161 e. The van der Waals surface area contributed by atoms with Crippen molar-refractivity contribution >= 4 is 25.3 Å². The van der Waals surface area contributed by atoms with Crippen molar-refractivity contribution in [3.8, 4) is 11.5 Å². The van der Waals surface area contributed by atoms with Crippen LogP contribution in [0.1, 0.15) is 102 Å². The Balaban J connectivity index is 2.93. The topological polar surface area (TPSA) is 18.5 Å². The molecule has 0 amide bonds. The highest BCUT2D eigenvalue weighted by molar-refractivity contribution is 7.80. The summed E-state index contributed by atoms with van der Waals surface area (Å²) in [5.41, 5.74) is 2.90. The van der Waals surface area contributed by atoms with Crippen LogP contribution in [-0.4, -0.2) is 24.7 Å². The van der Waals surface area contributed by atoms with Crippen LogP contribution in [0.3, 0.4) is 0 Å². The summed E-state index contributed by atoms with van der Waals surface area (Å²) in [6.45, 7) is 6.01. The van der Waals surface area contributed by atoms with Crippen molar-refractivity contribution in [3.63, 3.8) is 0 Å². The molecule has 0 aliphatic carbocycles. The average molecular weight is 455 g/mol. The van der Waals surface area contributed by atoms with Crippen LogP contribution in [0.2, 0.25) is 0 Å². The third-order valence-electron chi connectivity index (χ3n) is 5.49. The molecular formula is C26H46O2S2. The third kappa shape index (κ3) is 12.4. The van der Waals surface area contributed by atoms with Gasteiger partial charge in [-0.15, -0.1) is 0 Å². The van der Waals surface area contributed by atoms with Gasteiger partial charge in [-0.05, 0) is 86.1 Å². The van der Waals surface area contributed by atoms with E-state index < -0.39 is 0 Å². The van der Waals surface area contributed by atoms with Crippen LogP contribution in [-0.2, 0) is 12.8 Å². The molecular weight excluding hydrogens is 408 g/mol. The summed E-state index contributed by atoms with van der Waals surface area (Å²) in [6, 6.07) is 4.57. The van der Waals surface area contributed by atoms with E-state index in [9.17, 15) is 0 Å². The zero-order chi connectivity index (χ0) is 21.9. The standard InChI is InChI=1S/C26H46O2S2/c1-3-5-11-17-27-25-21-23(15-9-7-13-19-29)24(16-10-8-14-20-30)22-26(25)28-18-12-6-4-2/h21-22,29-30H,3-20H2,1-2H3. The molecule has 0 spiro atoms. The molecule has 0 saturated heterocycles. The molecule has 0 aliphatic rings. The molecule has 4 heteroatoms. The van der Waals surface area contributed by atoms with Gasteiger partial charge in [0.05, 0.1) is 13.2 Å². The molecule has 0 radical (unpaired) electrons. The molecule has 1 aromatic carbocycles. The predicted molar refractivity (Wildman–Crippen MR) is 139 cm³/mol. The lowest BCUT2D eigenvalue weighted by Gasteiger charge is -2.18. The summed E-state index contributed by atoms with van der Waals surface area (Å²) in [5.74, 6) is 3.86. The number of hydrogen-bond donors (Lipinski definition) is 2.